The van der Waals surface area contributed by atoms with Crippen molar-refractivity contribution in [3.05, 3.63) is 0 Å². The van der Waals surface area contributed by atoms with Gasteiger partial charge in [-0.1, -0.05) is 0 Å². The number of nitrogens with zero attached hydrogens (tertiary/aromatic N) is 1. The molecule has 96 valence electrons. The SMILES string of the molecule is CC1(C(=O)N2CCNCC2C(N)=O)CCCS1. The second-order valence-corrected chi connectivity index (χ2v) is 6.40. The molecule has 2 rings (SSSR count). The van der Waals surface area contributed by atoms with Crippen LogP contribution in [-0.4, -0.2) is 52.9 Å². The Labute approximate surface area is 105 Å². The van der Waals surface area contributed by atoms with E-state index in [9.17, 15) is 9.59 Å². The summed E-state index contributed by atoms with van der Waals surface area (Å²) in [6.45, 7) is 3.76. The molecule has 17 heavy (non-hydrogen) atoms. The Kier molecular flexibility index (Phi) is 3.63. The van der Waals surface area contributed by atoms with Gasteiger partial charge in [-0.25, -0.2) is 0 Å². The second-order valence-electron chi connectivity index (χ2n) is 4.80. The topological polar surface area (TPSA) is 75.4 Å². The van der Waals surface area contributed by atoms with Gasteiger partial charge in [-0.2, -0.15) is 0 Å². The van der Waals surface area contributed by atoms with Crippen LogP contribution in [0.2, 0.25) is 0 Å². The Morgan fingerprint density at radius 3 is 2.88 bits per heavy atom. The van der Waals surface area contributed by atoms with Gasteiger partial charge in [0.25, 0.3) is 0 Å². The van der Waals surface area contributed by atoms with E-state index in [-0.39, 0.29) is 10.7 Å². The Morgan fingerprint density at radius 1 is 1.53 bits per heavy atom. The van der Waals surface area contributed by atoms with Gasteiger partial charge < -0.3 is 16.0 Å². The molecule has 2 amide bonds. The van der Waals surface area contributed by atoms with Crippen LogP contribution in [0.15, 0.2) is 0 Å². The lowest BCUT2D eigenvalue weighted by Gasteiger charge is -2.38. The first-order valence-electron chi connectivity index (χ1n) is 6.00. The Morgan fingerprint density at radius 2 is 2.29 bits per heavy atom. The van der Waals surface area contributed by atoms with Crippen LogP contribution in [-0.2, 0) is 9.59 Å². The zero-order valence-electron chi connectivity index (χ0n) is 10.1. The van der Waals surface area contributed by atoms with Crippen LogP contribution in [0.1, 0.15) is 19.8 Å². The number of carbonyl (C=O) groups excluding carboxylic acids is 2. The highest BCUT2D eigenvalue weighted by Gasteiger charge is 2.43. The summed E-state index contributed by atoms with van der Waals surface area (Å²) in [5, 5.41) is 3.10. The van der Waals surface area contributed by atoms with Crippen molar-refractivity contribution in [1.82, 2.24) is 10.2 Å². The maximum atomic E-state index is 12.5. The van der Waals surface area contributed by atoms with E-state index in [1.807, 2.05) is 6.92 Å². The van der Waals surface area contributed by atoms with E-state index < -0.39 is 11.9 Å². The molecular formula is C11H19N3O2S. The zero-order valence-corrected chi connectivity index (χ0v) is 10.9. The largest absolute Gasteiger partial charge is 0.368 e. The maximum absolute atomic E-state index is 12.5. The number of thioether (sulfide) groups is 1. The van der Waals surface area contributed by atoms with Crippen molar-refractivity contribution in [3.63, 3.8) is 0 Å². The minimum atomic E-state index is -0.491. The highest BCUT2D eigenvalue weighted by atomic mass is 32.2. The molecule has 3 N–H and O–H groups in total. The van der Waals surface area contributed by atoms with Gasteiger partial charge in [0, 0.05) is 19.6 Å². The summed E-state index contributed by atoms with van der Waals surface area (Å²) in [7, 11) is 0. The molecule has 5 nitrogen and oxygen atoms in total. The molecule has 0 bridgehead atoms. The molecule has 2 heterocycles. The molecule has 0 aromatic rings. The molecule has 0 aliphatic carbocycles. The number of amides is 2. The van der Waals surface area contributed by atoms with E-state index in [2.05, 4.69) is 5.32 Å². The summed E-state index contributed by atoms with van der Waals surface area (Å²) in [6.07, 6.45) is 1.96. The van der Waals surface area contributed by atoms with Gasteiger partial charge in [-0.15, -0.1) is 11.8 Å². The number of hydrogen-bond acceptors (Lipinski definition) is 4. The quantitative estimate of drug-likeness (QED) is 0.703. The first kappa shape index (κ1) is 12.7. The molecule has 0 spiro atoms. The minimum absolute atomic E-state index is 0.0744. The molecule has 6 heteroatoms. The van der Waals surface area contributed by atoms with Gasteiger partial charge >= 0.3 is 0 Å². The van der Waals surface area contributed by atoms with E-state index in [1.165, 1.54) is 0 Å². The number of nitrogens with one attached hydrogen (secondary N) is 1. The van der Waals surface area contributed by atoms with E-state index in [0.29, 0.717) is 13.1 Å². The van der Waals surface area contributed by atoms with Crippen molar-refractivity contribution in [2.24, 2.45) is 5.73 Å². The maximum Gasteiger partial charge on any atom is 0.241 e. The normalized spacial score (nSPS) is 33.7. The highest BCUT2D eigenvalue weighted by molar-refractivity contribution is 8.01. The lowest BCUT2D eigenvalue weighted by molar-refractivity contribution is -0.142. The third-order valence-electron chi connectivity index (χ3n) is 3.50. The van der Waals surface area contributed by atoms with Crippen molar-refractivity contribution >= 4 is 23.6 Å². The zero-order chi connectivity index (χ0) is 12.5. The summed E-state index contributed by atoms with van der Waals surface area (Å²) >= 11 is 1.70. The average molecular weight is 257 g/mol. The molecule has 2 aliphatic rings. The van der Waals surface area contributed by atoms with Crippen molar-refractivity contribution in [2.45, 2.75) is 30.6 Å². The van der Waals surface area contributed by atoms with Gasteiger partial charge in [0.05, 0.1) is 4.75 Å². The number of piperazine rings is 1. The average Bonchev–Trinajstić information content (AvgIpc) is 2.76. The van der Waals surface area contributed by atoms with Crippen molar-refractivity contribution in [2.75, 3.05) is 25.4 Å². The summed E-state index contributed by atoms with van der Waals surface area (Å²) in [5.74, 6) is 0.678. The number of nitrogens with two attached hydrogens (primary N) is 1. The lowest BCUT2D eigenvalue weighted by atomic mass is 10.0. The van der Waals surface area contributed by atoms with Gasteiger partial charge in [-0.3, -0.25) is 9.59 Å². The molecular weight excluding hydrogens is 238 g/mol. The van der Waals surface area contributed by atoms with E-state index >= 15 is 0 Å². The Balaban J connectivity index is 2.13. The number of primary amides is 1. The van der Waals surface area contributed by atoms with Gasteiger partial charge in [0.2, 0.25) is 11.8 Å². The number of carbonyl (C=O) groups is 2. The Bertz CT molecular complexity index is 329. The first-order valence-corrected chi connectivity index (χ1v) is 6.98. The predicted molar refractivity (Wildman–Crippen MR) is 67.7 cm³/mol. The van der Waals surface area contributed by atoms with Crippen LogP contribution in [0.25, 0.3) is 0 Å². The van der Waals surface area contributed by atoms with Crippen molar-refractivity contribution in [1.29, 1.82) is 0 Å². The summed E-state index contributed by atoms with van der Waals surface area (Å²) in [4.78, 5) is 25.5. The summed E-state index contributed by atoms with van der Waals surface area (Å²) in [5.41, 5.74) is 5.36. The van der Waals surface area contributed by atoms with Crippen LogP contribution >= 0.6 is 11.8 Å². The lowest BCUT2D eigenvalue weighted by Crippen LogP contribution is -2.61. The van der Waals surface area contributed by atoms with Crippen LogP contribution in [0, 0.1) is 0 Å². The van der Waals surface area contributed by atoms with Gasteiger partial charge in [-0.05, 0) is 25.5 Å². The fraction of sp³-hybridized carbons (Fsp3) is 0.818. The molecule has 2 saturated heterocycles. The first-order chi connectivity index (χ1) is 8.04. The Hall–Kier alpha value is -0.750. The second kappa shape index (κ2) is 4.86. The van der Waals surface area contributed by atoms with Gasteiger partial charge in [0.15, 0.2) is 0 Å². The molecule has 2 unspecified atom stereocenters. The van der Waals surface area contributed by atoms with E-state index in [4.69, 9.17) is 5.73 Å². The third-order valence-corrected chi connectivity index (χ3v) is 5.01. The van der Waals surface area contributed by atoms with Gasteiger partial charge in [0.1, 0.15) is 6.04 Å². The van der Waals surface area contributed by atoms with Crippen LogP contribution in [0.5, 0.6) is 0 Å². The molecule has 2 atom stereocenters. The van der Waals surface area contributed by atoms with Crippen LogP contribution in [0.4, 0.5) is 0 Å². The molecule has 2 aliphatic heterocycles. The molecule has 0 saturated carbocycles. The summed E-state index contributed by atoms with van der Waals surface area (Å²) in [6, 6.07) is -0.491. The molecule has 0 aromatic carbocycles. The van der Waals surface area contributed by atoms with E-state index in [1.54, 1.807) is 16.7 Å². The smallest absolute Gasteiger partial charge is 0.241 e. The van der Waals surface area contributed by atoms with Crippen LogP contribution < -0.4 is 11.1 Å². The molecule has 2 fully saturated rings. The predicted octanol–water partition coefficient (Wildman–Crippen LogP) is -0.442. The summed E-state index contributed by atoms with van der Waals surface area (Å²) < 4.78 is -0.356. The van der Waals surface area contributed by atoms with Crippen LogP contribution in [0.3, 0.4) is 0 Å². The minimum Gasteiger partial charge on any atom is -0.368 e. The highest BCUT2D eigenvalue weighted by Crippen LogP contribution is 2.39. The standard InChI is InChI=1S/C11H19N3O2S/c1-11(3-2-6-17-11)10(16)14-5-4-13-7-8(14)9(12)15/h8,13H,2-7H2,1H3,(H2,12,15). The number of hydrogen-bond donors (Lipinski definition) is 2. The van der Waals surface area contributed by atoms with E-state index in [0.717, 1.165) is 25.1 Å². The monoisotopic (exact) mass is 257 g/mol. The third kappa shape index (κ3) is 2.42. The van der Waals surface area contributed by atoms with Crippen molar-refractivity contribution < 1.29 is 9.59 Å². The molecule has 0 aromatic heterocycles. The fourth-order valence-electron chi connectivity index (χ4n) is 2.45. The molecule has 0 radical (unpaired) electrons. The van der Waals surface area contributed by atoms with Crippen molar-refractivity contribution in [3.8, 4) is 0 Å². The number of rotatable bonds is 2. The fourth-order valence-corrected chi connectivity index (χ4v) is 3.72.